The summed E-state index contributed by atoms with van der Waals surface area (Å²) in [5.41, 5.74) is 0.381. The first-order valence-electron chi connectivity index (χ1n) is 10.9. The molecule has 0 bridgehead atoms. The standard InChI is InChI=1S/C24H22BrClN4O4/c1-2-10-34-22-19(26)11-15(12-21(22)30(32)33)14-27-29-23(16-6-4-3-5-7-16)28-20-9-8-17(25)13-18(20)24(29)31/h2,8-9,11-14,16H,1,3-7,10H2. The number of hydrogen-bond donors (Lipinski definition) is 0. The molecule has 1 aliphatic carbocycles. The van der Waals surface area contributed by atoms with Gasteiger partial charge in [-0.1, -0.05) is 59.4 Å². The largest absolute Gasteiger partial charge is 0.482 e. The minimum absolute atomic E-state index is 0.0407. The molecule has 0 unspecified atom stereocenters. The van der Waals surface area contributed by atoms with Crippen LogP contribution in [0.4, 0.5) is 5.69 Å². The van der Waals surface area contributed by atoms with Gasteiger partial charge < -0.3 is 4.74 Å². The van der Waals surface area contributed by atoms with E-state index in [-0.39, 0.29) is 34.5 Å². The lowest BCUT2D eigenvalue weighted by molar-refractivity contribution is -0.385. The number of nitro benzene ring substituents is 1. The van der Waals surface area contributed by atoms with Crippen LogP contribution in [-0.2, 0) is 0 Å². The van der Waals surface area contributed by atoms with E-state index in [0.717, 1.165) is 36.6 Å². The van der Waals surface area contributed by atoms with Crippen LogP contribution in [0.15, 0.2) is 57.4 Å². The van der Waals surface area contributed by atoms with E-state index < -0.39 is 4.92 Å². The fourth-order valence-electron chi connectivity index (χ4n) is 4.12. The second-order valence-electron chi connectivity index (χ2n) is 8.04. The van der Waals surface area contributed by atoms with Crippen molar-refractivity contribution in [3.63, 3.8) is 0 Å². The number of nitro groups is 1. The van der Waals surface area contributed by atoms with E-state index in [1.54, 1.807) is 6.07 Å². The van der Waals surface area contributed by atoms with Crippen molar-refractivity contribution in [1.82, 2.24) is 9.66 Å². The Hall–Kier alpha value is -3.04. The van der Waals surface area contributed by atoms with E-state index in [1.807, 2.05) is 12.1 Å². The van der Waals surface area contributed by atoms with E-state index in [1.165, 1.54) is 29.1 Å². The number of halogens is 2. The summed E-state index contributed by atoms with van der Waals surface area (Å²) in [6.07, 6.45) is 8.00. The maximum absolute atomic E-state index is 13.4. The predicted octanol–water partition coefficient (Wildman–Crippen LogP) is 6.22. The predicted molar refractivity (Wildman–Crippen MR) is 136 cm³/mol. The molecule has 10 heteroatoms. The first kappa shape index (κ1) is 24.1. The highest BCUT2D eigenvalue weighted by Crippen LogP contribution is 2.36. The van der Waals surface area contributed by atoms with Crippen LogP contribution < -0.4 is 10.3 Å². The maximum Gasteiger partial charge on any atom is 0.313 e. The minimum Gasteiger partial charge on any atom is -0.482 e. The molecule has 8 nitrogen and oxygen atoms in total. The third-order valence-corrected chi connectivity index (χ3v) is 6.49. The Bertz CT molecular complexity index is 1350. The van der Waals surface area contributed by atoms with Gasteiger partial charge in [0.2, 0.25) is 5.75 Å². The molecular weight excluding hydrogens is 524 g/mol. The van der Waals surface area contributed by atoms with Gasteiger partial charge in [0, 0.05) is 22.0 Å². The van der Waals surface area contributed by atoms with Crippen LogP contribution in [0.1, 0.15) is 49.4 Å². The topological polar surface area (TPSA) is 99.6 Å². The van der Waals surface area contributed by atoms with E-state index in [9.17, 15) is 14.9 Å². The molecule has 0 N–H and O–H groups in total. The van der Waals surface area contributed by atoms with Gasteiger partial charge in [-0.25, -0.2) is 4.98 Å². The molecule has 4 rings (SSSR count). The highest BCUT2D eigenvalue weighted by molar-refractivity contribution is 9.10. The molecule has 0 radical (unpaired) electrons. The van der Waals surface area contributed by atoms with Gasteiger partial charge >= 0.3 is 5.69 Å². The highest BCUT2D eigenvalue weighted by atomic mass is 79.9. The van der Waals surface area contributed by atoms with Crippen molar-refractivity contribution in [3.05, 3.63) is 84.3 Å². The molecule has 1 aromatic heterocycles. The SMILES string of the molecule is C=CCOc1c(Cl)cc(C=Nn2c(C3CCCCC3)nc3ccc(Br)cc3c2=O)cc1[N+](=O)[O-]. The van der Waals surface area contributed by atoms with Crippen molar-refractivity contribution >= 4 is 50.3 Å². The van der Waals surface area contributed by atoms with Crippen LogP contribution in [0.5, 0.6) is 5.75 Å². The second-order valence-corrected chi connectivity index (χ2v) is 9.36. The van der Waals surface area contributed by atoms with Crippen LogP contribution >= 0.6 is 27.5 Å². The second kappa shape index (κ2) is 10.5. The summed E-state index contributed by atoms with van der Waals surface area (Å²) in [4.78, 5) is 29.2. The van der Waals surface area contributed by atoms with Crippen molar-refractivity contribution < 1.29 is 9.66 Å². The molecule has 1 saturated carbocycles. The summed E-state index contributed by atoms with van der Waals surface area (Å²) < 4.78 is 7.44. The Kier molecular flexibility index (Phi) is 7.43. The number of nitrogens with zero attached hydrogens (tertiary/aromatic N) is 4. The summed E-state index contributed by atoms with van der Waals surface area (Å²) in [5.74, 6) is 0.669. The molecule has 3 aromatic rings. The van der Waals surface area contributed by atoms with Crippen LogP contribution in [0, 0.1) is 10.1 Å². The molecular formula is C24H22BrClN4O4. The number of ether oxygens (including phenoxy) is 1. The number of aromatic nitrogens is 2. The van der Waals surface area contributed by atoms with Crippen molar-refractivity contribution in [1.29, 1.82) is 0 Å². The molecule has 2 aromatic carbocycles. The zero-order valence-corrected chi connectivity index (χ0v) is 20.6. The third kappa shape index (κ3) is 5.05. The molecule has 0 aliphatic heterocycles. The highest BCUT2D eigenvalue weighted by Gasteiger charge is 2.23. The Labute approximate surface area is 209 Å². The Morgan fingerprint density at radius 1 is 1.29 bits per heavy atom. The molecule has 0 amide bonds. The van der Waals surface area contributed by atoms with E-state index >= 15 is 0 Å². The number of rotatable bonds is 7. The molecule has 1 heterocycles. The quantitative estimate of drug-likeness (QED) is 0.152. The molecule has 0 spiro atoms. The first-order valence-corrected chi connectivity index (χ1v) is 12.0. The van der Waals surface area contributed by atoms with Crippen LogP contribution in [0.2, 0.25) is 5.02 Å². The molecule has 0 atom stereocenters. The number of fused-ring (bicyclic) bond motifs is 1. The Morgan fingerprint density at radius 3 is 2.76 bits per heavy atom. The molecule has 176 valence electrons. The van der Waals surface area contributed by atoms with E-state index in [0.29, 0.717) is 22.3 Å². The fourth-order valence-corrected chi connectivity index (χ4v) is 4.76. The third-order valence-electron chi connectivity index (χ3n) is 5.71. The Morgan fingerprint density at radius 2 is 2.06 bits per heavy atom. The average molecular weight is 546 g/mol. The summed E-state index contributed by atoms with van der Waals surface area (Å²) in [5, 5.41) is 16.5. The lowest BCUT2D eigenvalue weighted by Crippen LogP contribution is -2.25. The summed E-state index contributed by atoms with van der Waals surface area (Å²) >= 11 is 9.67. The van der Waals surface area contributed by atoms with Gasteiger partial charge in [-0.2, -0.15) is 9.78 Å². The van der Waals surface area contributed by atoms with Gasteiger partial charge in [0.25, 0.3) is 5.56 Å². The van der Waals surface area contributed by atoms with Crippen LogP contribution in [-0.4, -0.2) is 27.4 Å². The first-order chi connectivity index (χ1) is 16.4. The fraction of sp³-hybridized carbons (Fsp3) is 0.292. The summed E-state index contributed by atoms with van der Waals surface area (Å²) in [7, 11) is 0. The summed E-state index contributed by atoms with van der Waals surface area (Å²) in [6.45, 7) is 3.62. The van der Waals surface area contributed by atoms with Crippen LogP contribution in [0.25, 0.3) is 10.9 Å². The van der Waals surface area contributed by atoms with Gasteiger partial charge in [-0.3, -0.25) is 14.9 Å². The Balaban J connectivity index is 1.82. The maximum atomic E-state index is 13.4. The van der Waals surface area contributed by atoms with E-state index in [2.05, 4.69) is 27.6 Å². The van der Waals surface area contributed by atoms with Gasteiger partial charge in [0.1, 0.15) is 12.4 Å². The lowest BCUT2D eigenvalue weighted by atomic mass is 9.88. The number of benzene rings is 2. The molecule has 34 heavy (non-hydrogen) atoms. The lowest BCUT2D eigenvalue weighted by Gasteiger charge is -2.22. The van der Waals surface area contributed by atoms with E-state index in [4.69, 9.17) is 21.3 Å². The van der Waals surface area contributed by atoms with Crippen molar-refractivity contribution in [3.8, 4) is 5.75 Å². The zero-order valence-electron chi connectivity index (χ0n) is 18.2. The summed E-state index contributed by atoms with van der Waals surface area (Å²) in [6, 6.07) is 8.20. The molecule has 0 saturated heterocycles. The van der Waals surface area contributed by atoms with Gasteiger partial charge in [0.15, 0.2) is 0 Å². The zero-order chi connectivity index (χ0) is 24.2. The average Bonchev–Trinajstić information content (AvgIpc) is 2.83. The minimum atomic E-state index is -0.573. The molecule has 1 aliphatic rings. The smallest absolute Gasteiger partial charge is 0.313 e. The number of hydrogen-bond acceptors (Lipinski definition) is 6. The van der Waals surface area contributed by atoms with Crippen LogP contribution in [0.3, 0.4) is 0 Å². The monoisotopic (exact) mass is 544 g/mol. The normalized spacial score (nSPS) is 14.5. The molecule has 1 fully saturated rings. The van der Waals surface area contributed by atoms with Crippen molar-refractivity contribution in [2.45, 2.75) is 38.0 Å². The van der Waals surface area contributed by atoms with Crippen molar-refractivity contribution in [2.24, 2.45) is 5.10 Å². The van der Waals surface area contributed by atoms with Gasteiger partial charge in [-0.15, -0.1) is 0 Å². The van der Waals surface area contributed by atoms with Crippen molar-refractivity contribution in [2.75, 3.05) is 6.61 Å². The van der Waals surface area contributed by atoms with Gasteiger partial charge in [0.05, 0.1) is 27.1 Å². The van der Waals surface area contributed by atoms with Gasteiger partial charge in [-0.05, 0) is 37.1 Å².